The monoisotopic (exact) mass is 463 g/mol. The van der Waals surface area contributed by atoms with E-state index in [-0.39, 0.29) is 28.6 Å². The molecule has 0 aliphatic carbocycles. The summed E-state index contributed by atoms with van der Waals surface area (Å²) in [7, 11) is 0. The van der Waals surface area contributed by atoms with E-state index in [2.05, 4.69) is 10.2 Å². The molecule has 1 atom stereocenters. The summed E-state index contributed by atoms with van der Waals surface area (Å²) in [5, 5.41) is 3.15. The minimum atomic E-state index is -0.351. The molecule has 31 heavy (non-hydrogen) atoms. The largest absolute Gasteiger partial charge is 0.340 e. The zero-order chi connectivity index (χ0) is 22.2. The van der Waals surface area contributed by atoms with Gasteiger partial charge in [-0.25, -0.2) is 4.39 Å². The van der Waals surface area contributed by atoms with Gasteiger partial charge in [0.2, 0.25) is 11.8 Å². The molecule has 0 aromatic heterocycles. The van der Waals surface area contributed by atoms with Crippen molar-refractivity contribution in [1.29, 1.82) is 0 Å². The first-order valence-corrected chi connectivity index (χ1v) is 11.8. The minimum Gasteiger partial charge on any atom is -0.340 e. The molecular weight excluding hydrogens is 437 g/mol. The highest BCUT2D eigenvalue weighted by molar-refractivity contribution is 8.01. The first-order chi connectivity index (χ1) is 14.9. The second-order valence-corrected chi connectivity index (χ2v) is 9.36. The molecule has 2 aromatic rings. The van der Waals surface area contributed by atoms with Crippen LogP contribution in [-0.4, -0.2) is 58.8 Å². The number of anilines is 1. The van der Waals surface area contributed by atoms with Crippen molar-refractivity contribution in [2.75, 3.05) is 37.2 Å². The quantitative estimate of drug-likeness (QED) is 0.666. The summed E-state index contributed by atoms with van der Waals surface area (Å²) in [5.74, 6) is -0.328. The Morgan fingerprint density at radius 1 is 1.06 bits per heavy atom. The van der Waals surface area contributed by atoms with Crippen LogP contribution in [-0.2, 0) is 16.1 Å². The van der Waals surface area contributed by atoms with E-state index >= 15 is 0 Å². The van der Waals surface area contributed by atoms with Crippen LogP contribution in [0.4, 0.5) is 10.1 Å². The van der Waals surface area contributed by atoms with E-state index in [1.54, 1.807) is 0 Å². The fourth-order valence-electron chi connectivity index (χ4n) is 3.46. The maximum absolute atomic E-state index is 13.0. The summed E-state index contributed by atoms with van der Waals surface area (Å²) in [5.41, 5.74) is 1.75. The molecule has 1 aliphatic heterocycles. The molecule has 0 spiro atoms. The third-order valence-electron chi connectivity index (χ3n) is 5.16. The second kappa shape index (κ2) is 11.5. The number of nitrogens with zero attached hydrogens (tertiary/aromatic N) is 2. The lowest BCUT2D eigenvalue weighted by molar-refractivity contribution is -0.130. The van der Waals surface area contributed by atoms with E-state index < -0.39 is 0 Å². The summed E-state index contributed by atoms with van der Waals surface area (Å²) in [4.78, 5) is 29.2. The van der Waals surface area contributed by atoms with E-state index in [1.165, 1.54) is 41.6 Å². The van der Waals surface area contributed by atoms with Crippen LogP contribution in [0.25, 0.3) is 0 Å². The van der Waals surface area contributed by atoms with Gasteiger partial charge in [-0.05, 0) is 55.3 Å². The number of rotatable bonds is 7. The normalized spacial score (nSPS) is 15.9. The number of thioether (sulfide) groups is 1. The van der Waals surface area contributed by atoms with Gasteiger partial charge in [0.05, 0.1) is 11.0 Å². The molecule has 1 unspecified atom stereocenters. The summed E-state index contributed by atoms with van der Waals surface area (Å²) in [6, 6.07) is 13.5. The molecule has 2 amide bonds. The van der Waals surface area contributed by atoms with Crippen molar-refractivity contribution in [2.45, 2.75) is 25.1 Å². The van der Waals surface area contributed by atoms with Gasteiger partial charge in [-0.3, -0.25) is 14.5 Å². The third-order valence-corrected chi connectivity index (χ3v) is 6.54. The first kappa shape index (κ1) is 23.6. The highest BCUT2D eigenvalue weighted by atomic mass is 35.5. The Balaban J connectivity index is 1.43. The summed E-state index contributed by atoms with van der Waals surface area (Å²) in [6.45, 7) is 5.84. The van der Waals surface area contributed by atoms with E-state index in [4.69, 9.17) is 11.6 Å². The Morgan fingerprint density at radius 3 is 2.48 bits per heavy atom. The predicted molar refractivity (Wildman–Crippen MR) is 125 cm³/mol. The zero-order valence-electron chi connectivity index (χ0n) is 17.5. The predicted octanol–water partition coefficient (Wildman–Crippen LogP) is 4.27. The van der Waals surface area contributed by atoms with Crippen LogP contribution >= 0.6 is 23.4 Å². The Labute approximate surface area is 191 Å². The number of amides is 2. The molecule has 5 nitrogen and oxygen atoms in total. The molecular formula is C23H27ClFN3O2S. The number of benzene rings is 2. The van der Waals surface area contributed by atoms with E-state index in [0.29, 0.717) is 12.2 Å². The molecule has 1 N–H and O–H groups in total. The van der Waals surface area contributed by atoms with Gasteiger partial charge in [0.25, 0.3) is 0 Å². The van der Waals surface area contributed by atoms with Crippen LogP contribution in [0, 0.1) is 5.82 Å². The lowest BCUT2D eigenvalue weighted by atomic mass is 10.2. The molecule has 0 bridgehead atoms. The summed E-state index contributed by atoms with van der Waals surface area (Å²) < 4.78 is 13.0. The van der Waals surface area contributed by atoms with Crippen molar-refractivity contribution in [2.24, 2.45) is 0 Å². The van der Waals surface area contributed by atoms with Crippen LogP contribution < -0.4 is 5.32 Å². The first-order valence-electron chi connectivity index (χ1n) is 10.3. The number of nitrogens with one attached hydrogen (secondary N) is 1. The van der Waals surface area contributed by atoms with Crippen molar-refractivity contribution in [3.63, 3.8) is 0 Å². The third kappa shape index (κ3) is 7.52. The number of carbonyl (C=O) groups excluding carboxylic acids is 2. The molecule has 2 aromatic carbocycles. The molecule has 1 heterocycles. The minimum absolute atomic E-state index is 0.0629. The molecule has 0 radical (unpaired) electrons. The van der Waals surface area contributed by atoms with Crippen LogP contribution in [0.5, 0.6) is 0 Å². The maximum Gasteiger partial charge on any atom is 0.235 e. The van der Waals surface area contributed by atoms with Crippen LogP contribution in [0.1, 0.15) is 18.9 Å². The van der Waals surface area contributed by atoms with Crippen LogP contribution in [0.3, 0.4) is 0 Å². The highest BCUT2D eigenvalue weighted by Gasteiger charge is 2.24. The Kier molecular flexibility index (Phi) is 8.75. The van der Waals surface area contributed by atoms with E-state index in [0.717, 1.165) is 37.6 Å². The number of halogens is 2. The number of carbonyl (C=O) groups is 2. The van der Waals surface area contributed by atoms with Gasteiger partial charge in [-0.2, -0.15) is 0 Å². The number of hydrogen-bond acceptors (Lipinski definition) is 4. The molecule has 1 fully saturated rings. The van der Waals surface area contributed by atoms with Crippen molar-refractivity contribution in [3.05, 3.63) is 64.9 Å². The van der Waals surface area contributed by atoms with E-state index in [9.17, 15) is 14.0 Å². The van der Waals surface area contributed by atoms with Gasteiger partial charge in [-0.1, -0.05) is 23.7 Å². The molecule has 1 saturated heterocycles. The maximum atomic E-state index is 13.0. The van der Waals surface area contributed by atoms with Crippen molar-refractivity contribution >= 4 is 40.9 Å². The van der Waals surface area contributed by atoms with Gasteiger partial charge < -0.3 is 10.2 Å². The molecule has 3 rings (SSSR count). The second-order valence-electron chi connectivity index (χ2n) is 7.59. The van der Waals surface area contributed by atoms with Gasteiger partial charge in [0, 0.05) is 43.4 Å². The lowest BCUT2D eigenvalue weighted by Crippen LogP contribution is -2.39. The van der Waals surface area contributed by atoms with Gasteiger partial charge >= 0.3 is 0 Å². The molecule has 0 saturated carbocycles. The Morgan fingerprint density at radius 2 is 1.77 bits per heavy atom. The average molecular weight is 464 g/mol. The molecule has 1 aliphatic rings. The van der Waals surface area contributed by atoms with Crippen LogP contribution in [0.15, 0.2) is 48.5 Å². The average Bonchev–Trinajstić information content (AvgIpc) is 3.00. The lowest BCUT2D eigenvalue weighted by Gasteiger charge is -2.24. The SMILES string of the molecule is CC(SCC(=O)Nc1ccc(F)cc1)C(=O)N1CCCN(Cc2ccc(Cl)cc2)CC1. The van der Waals surface area contributed by atoms with Gasteiger partial charge in [0.1, 0.15) is 5.82 Å². The van der Waals surface area contributed by atoms with E-state index in [1.807, 2.05) is 36.1 Å². The topological polar surface area (TPSA) is 52.7 Å². The zero-order valence-corrected chi connectivity index (χ0v) is 19.1. The summed E-state index contributed by atoms with van der Waals surface area (Å²) in [6.07, 6.45) is 0.918. The van der Waals surface area contributed by atoms with Gasteiger partial charge in [0.15, 0.2) is 0 Å². The Bertz CT molecular complexity index is 879. The Hall–Kier alpha value is -2.09. The summed E-state index contributed by atoms with van der Waals surface area (Å²) >= 11 is 7.27. The van der Waals surface area contributed by atoms with Crippen LogP contribution in [0.2, 0.25) is 5.02 Å². The van der Waals surface area contributed by atoms with Crippen molar-refractivity contribution < 1.29 is 14.0 Å². The van der Waals surface area contributed by atoms with Crippen molar-refractivity contribution in [3.8, 4) is 0 Å². The molecule has 8 heteroatoms. The van der Waals surface area contributed by atoms with Crippen molar-refractivity contribution in [1.82, 2.24) is 9.80 Å². The fraction of sp³-hybridized carbons (Fsp3) is 0.391. The standard InChI is InChI=1S/C23H27ClFN3O2S/c1-17(31-16-22(29)26-21-9-7-20(25)8-10-21)23(30)28-12-2-11-27(13-14-28)15-18-3-5-19(24)6-4-18/h3-10,17H,2,11-16H2,1H3,(H,26,29). The smallest absolute Gasteiger partial charge is 0.235 e. The molecule has 166 valence electrons. The van der Waals surface area contributed by atoms with Gasteiger partial charge in [-0.15, -0.1) is 11.8 Å². The number of hydrogen-bond donors (Lipinski definition) is 1. The fourth-order valence-corrected chi connectivity index (χ4v) is 4.35. The highest BCUT2D eigenvalue weighted by Crippen LogP contribution is 2.18.